The van der Waals surface area contributed by atoms with Crippen molar-refractivity contribution >= 4 is 23.5 Å². The van der Waals surface area contributed by atoms with Crippen LogP contribution in [-0.4, -0.2) is 50.7 Å². The molecule has 1 atom stereocenters. The van der Waals surface area contributed by atoms with Crippen molar-refractivity contribution in [1.82, 2.24) is 4.90 Å². The molecule has 1 unspecified atom stereocenters. The van der Waals surface area contributed by atoms with Gasteiger partial charge in [-0.15, -0.1) is 11.8 Å². The maximum atomic E-state index is 13.0. The van der Waals surface area contributed by atoms with E-state index in [9.17, 15) is 4.79 Å². The second kappa shape index (κ2) is 8.10. The van der Waals surface area contributed by atoms with Gasteiger partial charge in [0, 0.05) is 36.2 Å². The average molecular weight is 402 g/mol. The van der Waals surface area contributed by atoms with Crippen molar-refractivity contribution in [3.8, 4) is 23.0 Å². The molecule has 2 aliphatic rings. The molecule has 8 heteroatoms. The molecule has 148 valence electrons. The Hall–Kier alpha value is -2.74. The van der Waals surface area contributed by atoms with Gasteiger partial charge in [-0.25, -0.2) is 4.79 Å². The zero-order valence-electron chi connectivity index (χ0n) is 15.8. The lowest BCUT2D eigenvalue weighted by Gasteiger charge is -2.26. The Morgan fingerprint density at radius 1 is 1.07 bits per heavy atom. The fourth-order valence-corrected chi connectivity index (χ4v) is 4.49. The number of hydrogen-bond acceptors (Lipinski definition) is 6. The van der Waals surface area contributed by atoms with Crippen LogP contribution in [-0.2, 0) is 0 Å². The Labute approximate surface area is 167 Å². The van der Waals surface area contributed by atoms with E-state index in [4.69, 9.17) is 18.9 Å². The summed E-state index contributed by atoms with van der Waals surface area (Å²) in [7, 11) is 3.16. The predicted molar refractivity (Wildman–Crippen MR) is 108 cm³/mol. The molecule has 2 aromatic carbocycles. The van der Waals surface area contributed by atoms with Gasteiger partial charge < -0.3 is 29.2 Å². The third kappa shape index (κ3) is 3.77. The highest BCUT2D eigenvalue weighted by atomic mass is 32.2. The van der Waals surface area contributed by atoms with E-state index >= 15 is 0 Å². The van der Waals surface area contributed by atoms with Crippen molar-refractivity contribution in [3.63, 3.8) is 0 Å². The first-order valence-electron chi connectivity index (χ1n) is 9.00. The van der Waals surface area contributed by atoms with E-state index in [1.165, 1.54) is 0 Å². The highest BCUT2D eigenvalue weighted by molar-refractivity contribution is 7.99. The van der Waals surface area contributed by atoms with Crippen LogP contribution in [0.15, 0.2) is 36.4 Å². The molecule has 0 spiro atoms. The lowest BCUT2D eigenvalue weighted by molar-refractivity contribution is 0.171. The molecule has 0 bridgehead atoms. The zero-order chi connectivity index (χ0) is 19.5. The molecule has 1 N–H and O–H groups in total. The Morgan fingerprint density at radius 3 is 2.50 bits per heavy atom. The van der Waals surface area contributed by atoms with Crippen LogP contribution in [0.4, 0.5) is 10.5 Å². The van der Waals surface area contributed by atoms with Gasteiger partial charge in [0.25, 0.3) is 0 Å². The van der Waals surface area contributed by atoms with Gasteiger partial charge in [-0.3, -0.25) is 0 Å². The summed E-state index contributed by atoms with van der Waals surface area (Å²) in [5, 5.41) is 2.87. The predicted octanol–water partition coefficient (Wildman–Crippen LogP) is 3.75. The quantitative estimate of drug-likeness (QED) is 0.840. The monoisotopic (exact) mass is 402 g/mol. The van der Waals surface area contributed by atoms with Crippen molar-refractivity contribution in [1.29, 1.82) is 0 Å². The first kappa shape index (κ1) is 18.6. The molecule has 2 aliphatic heterocycles. The Morgan fingerprint density at radius 2 is 1.79 bits per heavy atom. The first-order chi connectivity index (χ1) is 13.7. The number of fused-ring (bicyclic) bond motifs is 1. The summed E-state index contributed by atoms with van der Waals surface area (Å²) >= 11 is 1.73. The van der Waals surface area contributed by atoms with Crippen LogP contribution < -0.4 is 24.3 Å². The number of anilines is 1. The lowest BCUT2D eigenvalue weighted by atomic mass is 10.1. The average Bonchev–Trinajstić information content (AvgIpc) is 3.23. The number of thioether (sulfide) groups is 1. The number of carbonyl (C=O) groups is 1. The molecule has 1 saturated heterocycles. The standard InChI is InChI=1S/C20H22N2O5S/c1-24-15-10-14(11-16(12-15)25-2)21-20(23)22-5-8-28-19(22)13-3-4-17-18(9-13)27-7-6-26-17/h3-4,9-12,19H,5-8H2,1-2H3,(H,21,23). The zero-order valence-corrected chi connectivity index (χ0v) is 16.6. The number of nitrogens with one attached hydrogen (secondary N) is 1. The molecule has 7 nitrogen and oxygen atoms in total. The molecule has 0 aliphatic carbocycles. The number of carbonyl (C=O) groups excluding carboxylic acids is 1. The number of hydrogen-bond donors (Lipinski definition) is 1. The van der Waals surface area contributed by atoms with Crippen LogP contribution in [0.5, 0.6) is 23.0 Å². The third-order valence-electron chi connectivity index (χ3n) is 4.61. The number of ether oxygens (including phenoxy) is 4. The summed E-state index contributed by atoms with van der Waals surface area (Å²) in [6.45, 7) is 1.76. The van der Waals surface area contributed by atoms with Crippen LogP contribution in [0.2, 0.25) is 0 Å². The molecule has 0 radical (unpaired) electrons. The second-order valence-electron chi connectivity index (χ2n) is 6.35. The minimum atomic E-state index is -0.166. The first-order valence-corrected chi connectivity index (χ1v) is 10.0. The summed E-state index contributed by atoms with van der Waals surface area (Å²) in [6, 6.07) is 11.0. The van der Waals surface area contributed by atoms with Gasteiger partial charge in [-0.05, 0) is 17.7 Å². The molecule has 1 fully saturated rings. The van der Waals surface area contributed by atoms with Crippen molar-refractivity contribution in [3.05, 3.63) is 42.0 Å². The van der Waals surface area contributed by atoms with Crippen LogP contribution in [0.25, 0.3) is 0 Å². The SMILES string of the molecule is COc1cc(NC(=O)N2CCSC2c2ccc3c(c2)OCCO3)cc(OC)c1. The molecule has 28 heavy (non-hydrogen) atoms. The van der Waals surface area contributed by atoms with Crippen molar-refractivity contribution in [2.75, 3.05) is 45.0 Å². The molecule has 2 amide bonds. The number of benzene rings is 2. The molecular formula is C20H22N2O5S. The van der Waals surface area contributed by atoms with E-state index in [1.54, 1.807) is 44.2 Å². The summed E-state index contributed by atoms with van der Waals surface area (Å²) < 4.78 is 21.8. The van der Waals surface area contributed by atoms with Gasteiger partial charge in [-0.2, -0.15) is 0 Å². The van der Waals surface area contributed by atoms with Crippen LogP contribution in [0.1, 0.15) is 10.9 Å². The number of amides is 2. The third-order valence-corrected chi connectivity index (χ3v) is 5.87. The molecule has 2 aromatic rings. The normalized spacial score (nSPS) is 17.9. The smallest absolute Gasteiger partial charge is 0.323 e. The lowest BCUT2D eigenvalue weighted by Crippen LogP contribution is -2.34. The maximum absolute atomic E-state index is 13.0. The number of methoxy groups -OCH3 is 2. The van der Waals surface area contributed by atoms with Crippen molar-refractivity contribution < 1.29 is 23.7 Å². The summed E-state index contributed by atoms with van der Waals surface area (Å²) in [5.41, 5.74) is 1.64. The van der Waals surface area contributed by atoms with E-state index < -0.39 is 0 Å². The summed E-state index contributed by atoms with van der Waals surface area (Å²) in [5.74, 6) is 3.59. The van der Waals surface area contributed by atoms with Crippen LogP contribution in [0.3, 0.4) is 0 Å². The van der Waals surface area contributed by atoms with Crippen LogP contribution >= 0.6 is 11.8 Å². The fraction of sp³-hybridized carbons (Fsp3) is 0.350. The maximum Gasteiger partial charge on any atom is 0.323 e. The largest absolute Gasteiger partial charge is 0.497 e. The molecule has 0 saturated carbocycles. The van der Waals surface area contributed by atoms with Gasteiger partial charge >= 0.3 is 6.03 Å². The van der Waals surface area contributed by atoms with Crippen molar-refractivity contribution in [2.45, 2.75) is 5.37 Å². The second-order valence-corrected chi connectivity index (χ2v) is 7.54. The highest BCUT2D eigenvalue weighted by Crippen LogP contribution is 2.42. The van der Waals surface area contributed by atoms with Crippen LogP contribution in [0, 0.1) is 0 Å². The molecule has 0 aromatic heterocycles. The molecule has 4 rings (SSSR count). The topological polar surface area (TPSA) is 69.3 Å². The van der Waals surface area contributed by atoms with E-state index in [0.717, 1.165) is 22.8 Å². The Bertz CT molecular complexity index is 853. The fourth-order valence-electron chi connectivity index (χ4n) is 3.24. The van der Waals surface area contributed by atoms with Gasteiger partial charge in [0.15, 0.2) is 11.5 Å². The number of nitrogens with zero attached hydrogens (tertiary/aromatic N) is 1. The number of rotatable bonds is 4. The molecule has 2 heterocycles. The van der Waals surface area contributed by atoms with Gasteiger partial charge in [0.05, 0.1) is 14.2 Å². The van der Waals surface area contributed by atoms with E-state index in [0.29, 0.717) is 36.9 Å². The highest BCUT2D eigenvalue weighted by Gasteiger charge is 2.31. The van der Waals surface area contributed by atoms with Crippen molar-refractivity contribution in [2.24, 2.45) is 0 Å². The Kier molecular flexibility index (Phi) is 5.38. The van der Waals surface area contributed by atoms with Gasteiger partial charge in [0.2, 0.25) is 0 Å². The Balaban J connectivity index is 1.53. The van der Waals surface area contributed by atoms with E-state index in [2.05, 4.69) is 5.32 Å². The van der Waals surface area contributed by atoms with Gasteiger partial charge in [-0.1, -0.05) is 6.07 Å². The minimum absolute atomic E-state index is 0.0803. The summed E-state index contributed by atoms with van der Waals surface area (Å²) in [6.07, 6.45) is 0. The molecular weight excluding hydrogens is 380 g/mol. The summed E-state index contributed by atoms with van der Waals surface area (Å²) in [4.78, 5) is 14.8. The number of urea groups is 1. The van der Waals surface area contributed by atoms with E-state index in [-0.39, 0.29) is 11.4 Å². The minimum Gasteiger partial charge on any atom is -0.497 e. The van der Waals surface area contributed by atoms with E-state index in [1.807, 2.05) is 23.1 Å². The van der Waals surface area contributed by atoms with Gasteiger partial charge in [0.1, 0.15) is 30.1 Å².